The van der Waals surface area contributed by atoms with Crippen LogP contribution in [0.2, 0.25) is 0 Å². The molecule has 0 fully saturated rings. The van der Waals surface area contributed by atoms with E-state index in [1.165, 1.54) is 6.08 Å². The summed E-state index contributed by atoms with van der Waals surface area (Å²) in [5.74, 6) is -4.40. The predicted octanol–water partition coefficient (Wildman–Crippen LogP) is 1.45. The maximum absolute atomic E-state index is 10.9. The zero-order chi connectivity index (χ0) is 14.0. The van der Waals surface area contributed by atoms with Crippen LogP contribution in [0.25, 0.3) is 0 Å². The topological polar surface area (TPSA) is 101 Å². The van der Waals surface area contributed by atoms with Gasteiger partial charge < -0.3 is 14.9 Å². The van der Waals surface area contributed by atoms with Crippen molar-refractivity contribution in [1.29, 1.82) is 0 Å². The van der Waals surface area contributed by atoms with Crippen molar-refractivity contribution in [3.63, 3.8) is 0 Å². The number of hydrogen-bond acceptors (Lipinski definition) is 4. The maximum Gasteiger partial charge on any atom is 0.330 e. The van der Waals surface area contributed by atoms with E-state index in [0.717, 1.165) is 0 Å². The Bertz CT molecular complexity index is 307. The summed E-state index contributed by atoms with van der Waals surface area (Å²) in [4.78, 5) is 32.0. The van der Waals surface area contributed by atoms with Gasteiger partial charge in [-0.2, -0.15) is 0 Å². The minimum atomic E-state index is -1.35. The van der Waals surface area contributed by atoms with E-state index in [1.54, 1.807) is 13.0 Å². The molecular weight excluding hydrogens is 240 g/mol. The van der Waals surface area contributed by atoms with E-state index in [-0.39, 0.29) is 13.0 Å². The molecule has 0 aliphatic carbocycles. The number of rotatable bonds is 9. The predicted molar refractivity (Wildman–Crippen MR) is 63.0 cm³/mol. The van der Waals surface area contributed by atoms with Crippen molar-refractivity contribution in [1.82, 2.24) is 0 Å². The van der Waals surface area contributed by atoms with Crippen LogP contribution in [0, 0.1) is 5.92 Å². The maximum atomic E-state index is 10.9. The van der Waals surface area contributed by atoms with Crippen LogP contribution in [0.3, 0.4) is 0 Å². The third-order valence-electron chi connectivity index (χ3n) is 2.28. The first-order valence-electron chi connectivity index (χ1n) is 5.74. The van der Waals surface area contributed by atoms with E-state index in [1.807, 2.05) is 0 Å². The molecule has 18 heavy (non-hydrogen) atoms. The van der Waals surface area contributed by atoms with Crippen molar-refractivity contribution in [3.8, 4) is 0 Å². The van der Waals surface area contributed by atoms with Gasteiger partial charge >= 0.3 is 17.9 Å². The van der Waals surface area contributed by atoms with Crippen molar-refractivity contribution in [2.45, 2.75) is 32.6 Å². The lowest BCUT2D eigenvalue weighted by atomic mass is 10.0. The minimum Gasteiger partial charge on any atom is -0.481 e. The molecule has 0 bridgehead atoms. The highest BCUT2D eigenvalue weighted by Gasteiger charge is 2.24. The molecule has 0 rings (SSSR count). The molecule has 6 heteroatoms. The SMILES string of the molecule is CC=CC(=O)OCCCCCC(C(=O)O)C(=O)O. The van der Waals surface area contributed by atoms with Gasteiger partial charge in [0.25, 0.3) is 0 Å². The van der Waals surface area contributed by atoms with Crippen LogP contribution in [0.1, 0.15) is 32.6 Å². The van der Waals surface area contributed by atoms with Crippen LogP contribution in [-0.4, -0.2) is 34.7 Å². The van der Waals surface area contributed by atoms with Crippen molar-refractivity contribution in [3.05, 3.63) is 12.2 Å². The van der Waals surface area contributed by atoms with Crippen molar-refractivity contribution in [2.75, 3.05) is 6.61 Å². The van der Waals surface area contributed by atoms with Gasteiger partial charge in [-0.25, -0.2) is 4.79 Å². The third-order valence-corrected chi connectivity index (χ3v) is 2.28. The van der Waals surface area contributed by atoms with Gasteiger partial charge in [-0.15, -0.1) is 0 Å². The lowest BCUT2D eigenvalue weighted by Gasteiger charge is -2.06. The lowest BCUT2D eigenvalue weighted by Crippen LogP contribution is -2.23. The normalized spacial score (nSPS) is 10.8. The minimum absolute atomic E-state index is 0.0907. The summed E-state index contributed by atoms with van der Waals surface area (Å²) in [7, 11) is 0. The Labute approximate surface area is 105 Å². The van der Waals surface area contributed by atoms with Gasteiger partial charge in [-0.05, 0) is 19.8 Å². The second-order valence-electron chi connectivity index (χ2n) is 3.75. The third kappa shape index (κ3) is 7.43. The molecule has 0 unspecified atom stereocenters. The summed E-state index contributed by atoms with van der Waals surface area (Å²) < 4.78 is 4.83. The average Bonchev–Trinajstić information content (AvgIpc) is 2.27. The molecule has 0 radical (unpaired) electrons. The van der Waals surface area contributed by atoms with Crippen molar-refractivity contribution >= 4 is 17.9 Å². The summed E-state index contributed by atoms with van der Waals surface area (Å²) >= 11 is 0. The number of carbonyl (C=O) groups excluding carboxylic acids is 1. The Morgan fingerprint density at radius 3 is 2.22 bits per heavy atom. The zero-order valence-corrected chi connectivity index (χ0v) is 10.3. The van der Waals surface area contributed by atoms with E-state index < -0.39 is 23.8 Å². The first-order chi connectivity index (χ1) is 8.49. The molecule has 0 heterocycles. The highest BCUT2D eigenvalue weighted by Crippen LogP contribution is 2.10. The number of ether oxygens (including phenoxy) is 1. The summed E-state index contributed by atoms with van der Waals surface area (Å²) in [5.41, 5.74) is 0. The van der Waals surface area contributed by atoms with Gasteiger partial charge in [0.2, 0.25) is 0 Å². The number of carboxylic acid groups (broad SMARTS) is 2. The Morgan fingerprint density at radius 1 is 1.11 bits per heavy atom. The van der Waals surface area contributed by atoms with Crippen LogP contribution in [0.4, 0.5) is 0 Å². The molecule has 102 valence electrons. The second kappa shape index (κ2) is 9.21. The molecule has 0 aromatic rings. The second-order valence-corrected chi connectivity index (χ2v) is 3.75. The molecule has 2 N–H and O–H groups in total. The Hall–Kier alpha value is -1.85. The molecule has 6 nitrogen and oxygen atoms in total. The molecule has 0 amide bonds. The monoisotopic (exact) mass is 258 g/mol. The Morgan fingerprint density at radius 2 is 1.72 bits per heavy atom. The number of aliphatic carboxylic acids is 2. The van der Waals surface area contributed by atoms with Crippen LogP contribution in [-0.2, 0) is 19.1 Å². The molecular formula is C12H18O6. The summed E-state index contributed by atoms with van der Waals surface area (Å²) in [6, 6.07) is 0. The molecule has 0 atom stereocenters. The quantitative estimate of drug-likeness (QED) is 0.281. The number of carboxylic acids is 2. The zero-order valence-electron chi connectivity index (χ0n) is 10.3. The van der Waals surface area contributed by atoms with Gasteiger partial charge in [0, 0.05) is 6.08 Å². The highest BCUT2D eigenvalue weighted by atomic mass is 16.5. The number of hydrogen-bond donors (Lipinski definition) is 2. The number of unbranched alkanes of at least 4 members (excludes halogenated alkanes) is 2. The summed E-state index contributed by atoms with van der Waals surface area (Å²) in [6.45, 7) is 1.97. The largest absolute Gasteiger partial charge is 0.481 e. The molecule has 0 spiro atoms. The fourth-order valence-electron chi connectivity index (χ4n) is 1.34. The first kappa shape index (κ1) is 16.1. The van der Waals surface area contributed by atoms with E-state index in [4.69, 9.17) is 14.9 Å². The summed E-state index contributed by atoms with van der Waals surface area (Å²) in [5, 5.41) is 17.2. The van der Waals surface area contributed by atoms with Crippen LogP contribution < -0.4 is 0 Å². The Balaban J connectivity index is 3.64. The molecule has 0 saturated heterocycles. The van der Waals surface area contributed by atoms with E-state index in [2.05, 4.69) is 0 Å². The van der Waals surface area contributed by atoms with Gasteiger partial charge in [-0.3, -0.25) is 9.59 Å². The summed E-state index contributed by atoms with van der Waals surface area (Å²) in [6.07, 6.45) is 4.67. The smallest absolute Gasteiger partial charge is 0.330 e. The van der Waals surface area contributed by atoms with E-state index in [0.29, 0.717) is 19.3 Å². The van der Waals surface area contributed by atoms with Crippen LogP contribution in [0.5, 0.6) is 0 Å². The van der Waals surface area contributed by atoms with Crippen molar-refractivity contribution in [2.24, 2.45) is 5.92 Å². The lowest BCUT2D eigenvalue weighted by molar-refractivity contribution is -0.154. The van der Waals surface area contributed by atoms with Crippen LogP contribution >= 0.6 is 0 Å². The van der Waals surface area contributed by atoms with Gasteiger partial charge in [0.15, 0.2) is 5.92 Å². The van der Waals surface area contributed by atoms with Gasteiger partial charge in [0.05, 0.1) is 6.61 Å². The Kier molecular flexibility index (Phi) is 8.26. The molecule has 0 aromatic heterocycles. The van der Waals surface area contributed by atoms with Gasteiger partial charge in [0.1, 0.15) is 0 Å². The number of esters is 1. The standard InChI is InChI=1S/C12H18O6/c1-2-6-10(13)18-8-5-3-4-7-9(11(14)15)12(16)17/h2,6,9H,3-5,7-8H2,1H3,(H,14,15)(H,16,17). The fourth-order valence-corrected chi connectivity index (χ4v) is 1.34. The van der Waals surface area contributed by atoms with Crippen LogP contribution in [0.15, 0.2) is 12.2 Å². The number of allylic oxidation sites excluding steroid dienone is 1. The first-order valence-corrected chi connectivity index (χ1v) is 5.74. The highest BCUT2D eigenvalue weighted by molar-refractivity contribution is 5.92. The van der Waals surface area contributed by atoms with Crippen molar-refractivity contribution < 1.29 is 29.3 Å². The average molecular weight is 258 g/mol. The van der Waals surface area contributed by atoms with E-state index in [9.17, 15) is 14.4 Å². The van der Waals surface area contributed by atoms with Gasteiger partial charge in [-0.1, -0.05) is 18.9 Å². The molecule has 0 aromatic carbocycles. The molecule has 0 aliphatic rings. The molecule has 0 aliphatic heterocycles. The van der Waals surface area contributed by atoms with E-state index >= 15 is 0 Å². The number of carbonyl (C=O) groups is 3. The molecule has 0 saturated carbocycles. The fraction of sp³-hybridized carbons (Fsp3) is 0.583.